The second-order valence-corrected chi connectivity index (χ2v) is 25.9. The monoisotopic (exact) mass is 771 g/mol. The van der Waals surface area contributed by atoms with Crippen LogP contribution in [-0.2, 0) is 0 Å². The Morgan fingerprint density at radius 2 is 0.895 bits per heavy atom. The Bertz CT molecular complexity index is 2490. The summed E-state index contributed by atoms with van der Waals surface area (Å²) in [4.78, 5) is 2.60. The van der Waals surface area contributed by atoms with Crippen molar-refractivity contribution in [2.75, 3.05) is 4.90 Å². The Morgan fingerprint density at radius 3 is 1.40 bits per heavy atom. The molecule has 4 heteroatoms. The Labute approximate surface area is 343 Å². The third-order valence-corrected chi connectivity index (χ3v) is 21.6. The summed E-state index contributed by atoms with van der Waals surface area (Å²) < 4.78 is 0. The third kappa shape index (κ3) is 5.78. The molecule has 7 aromatic carbocycles. The van der Waals surface area contributed by atoms with E-state index >= 15 is 0 Å². The maximum atomic E-state index is 2.62. The number of rotatable bonds is 7. The minimum atomic E-state index is -2.69. The van der Waals surface area contributed by atoms with Crippen molar-refractivity contribution in [3.05, 3.63) is 180 Å². The summed E-state index contributed by atoms with van der Waals surface area (Å²) in [7, 11) is -4.84. The molecular weight excluding hydrogens is 718 g/mol. The number of anilines is 3. The molecule has 0 aromatic heterocycles. The van der Waals surface area contributed by atoms with E-state index in [0.717, 1.165) is 0 Å². The lowest BCUT2D eigenvalue weighted by Gasteiger charge is -2.45. The van der Waals surface area contributed by atoms with E-state index in [1.54, 1.807) is 10.4 Å². The lowest BCUT2D eigenvalue weighted by Crippen LogP contribution is -2.77. The maximum Gasteiger partial charge on any atom is 0.241 e. The molecule has 1 nitrogen and oxygen atoms in total. The van der Waals surface area contributed by atoms with Crippen molar-refractivity contribution in [1.82, 2.24) is 0 Å². The van der Waals surface area contributed by atoms with Gasteiger partial charge in [-0.1, -0.05) is 221 Å². The number of hydrogen-bond acceptors (Lipinski definition) is 1. The van der Waals surface area contributed by atoms with Crippen LogP contribution < -0.4 is 52.4 Å². The summed E-state index contributed by atoms with van der Waals surface area (Å²) in [5, 5.41) is 8.82. The van der Waals surface area contributed by atoms with Crippen molar-refractivity contribution < 1.29 is 0 Å². The average Bonchev–Trinajstić information content (AvgIpc) is 3.23. The summed E-state index contributed by atoms with van der Waals surface area (Å²) in [5.74, 6) is 1.31. The highest BCUT2D eigenvalue weighted by atomic mass is 28.3. The molecule has 57 heavy (non-hydrogen) atoms. The van der Waals surface area contributed by atoms with Crippen LogP contribution in [0.3, 0.4) is 0 Å². The van der Waals surface area contributed by atoms with Gasteiger partial charge < -0.3 is 4.90 Å². The summed E-state index contributed by atoms with van der Waals surface area (Å²) in [6, 6.07) is 63.4. The van der Waals surface area contributed by atoms with Crippen LogP contribution in [0.2, 0.25) is 13.1 Å². The fraction of sp³-hybridized carbons (Fsp3) is 0.208. The van der Waals surface area contributed by atoms with Gasteiger partial charge >= 0.3 is 0 Å². The molecule has 0 N–H and O–H groups in total. The van der Waals surface area contributed by atoms with E-state index < -0.39 is 16.1 Å². The topological polar surface area (TPSA) is 3.24 Å². The minimum absolute atomic E-state index is 0.180. The zero-order chi connectivity index (χ0) is 39.6. The summed E-state index contributed by atoms with van der Waals surface area (Å²) in [5.41, 5.74) is 12.8. The Kier molecular flexibility index (Phi) is 9.41. The predicted octanol–water partition coefficient (Wildman–Crippen LogP) is 7.87. The van der Waals surface area contributed by atoms with Crippen molar-refractivity contribution in [2.45, 2.75) is 72.4 Å². The molecule has 0 unspecified atom stereocenters. The quantitative estimate of drug-likeness (QED) is 0.149. The van der Waals surface area contributed by atoms with Crippen LogP contribution >= 0.6 is 0 Å². The molecule has 0 saturated carbocycles. The Hall–Kier alpha value is -5.16. The van der Waals surface area contributed by atoms with Crippen LogP contribution in [-0.4, -0.2) is 22.9 Å². The van der Waals surface area contributed by atoms with Gasteiger partial charge in [0.2, 0.25) is 6.71 Å². The first-order valence-corrected chi connectivity index (χ1v) is 26.1. The molecule has 2 heterocycles. The molecule has 0 radical (unpaired) electrons. The molecule has 0 saturated heterocycles. The van der Waals surface area contributed by atoms with Crippen LogP contribution in [0.15, 0.2) is 164 Å². The van der Waals surface area contributed by atoms with Gasteiger partial charge in [-0.3, -0.25) is 0 Å². The minimum Gasteiger partial charge on any atom is -0.311 e. The number of para-hydroxylation sites is 2. The van der Waals surface area contributed by atoms with Crippen molar-refractivity contribution in [1.29, 1.82) is 0 Å². The highest BCUT2D eigenvalue weighted by molar-refractivity contribution is 7.21. The maximum absolute atomic E-state index is 2.69. The molecule has 282 valence electrons. The van der Waals surface area contributed by atoms with Crippen LogP contribution in [0, 0.1) is 0 Å². The van der Waals surface area contributed by atoms with Gasteiger partial charge in [0.15, 0.2) is 8.07 Å². The molecule has 0 fully saturated rings. The van der Waals surface area contributed by atoms with E-state index in [1.807, 2.05) is 0 Å². The molecule has 7 aromatic rings. The van der Waals surface area contributed by atoms with E-state index in [0.29, 0.717) is 17.8 Å². The normalized spacial score (nSPS) is 15.0. The first-order chi connectivity index (χ1) is 27.5. The van der Waals surface area contributed by atoms with E-state index in [-0.39, 0.29) is 6.71 Å². The predicted molar refractivity (Wildman–Crippen MR) is 255 cm³/mol. The molecule has 0 spiro atoms. The summed E-state index contributed by atoms with van der Waals surface area (Å²) in [6.45, 7) is 19.6. The molecule has 0 atom stereocenters. The molecule has 0 amide bonds. The Morgan fingerprint density at radius 1 is 0.439 bits per heavy atom. The van der Waals surface area contributed by atoms with Crippen LogP contribution in [0.25, 0.3) is 0 Å². The molecule has 9 rings (SSSR count). The molecular formula is C53H54BNSi2. The first kappa shape index (κ1) is 37.4. The van der Waals surface area contributed by atoms with Gasteiger partial charge in [0.25, 0.3) is 0 Å². The number of nitrogens with zero attached hydrogens (tertiary/aromatic N) is 1. The van der Waals surface area contributed by atoms with Gasteiger partial charge in [0.05, 0.1) is 0 Å². The highest BCUT2D eigenvalue weighted by Gasteiger charge is 2.49. The lowest BCUT2D eigenvalue weighted by molar-refractivity contribution is 0.812. The number of hydrogen-bond donors (Lipinski definition) is 0. The van der Waals surface area contributed by atoms with E-state index in [2.05, 4.69) is 223 Å². The zero-order valence-electron chi connectivity index (χ0n) is 34.8. The van der Waals surface area contributed by atoms with Crippen LogP contribution in [0.4, 0.5) is 17.1 Å². The molecule has 2 aliphatic heterocycles. The third-order valence-electron chi connectivity index (χ3n) is 13.2. The first-order valence-electron chi connectivity index (χ1n) is 21.1. The van der Waals surface area contributed by atoms with E-state index in [9.17, 15) is 0 Å². The van der Waals surface area contributed by atoms with Gasteiger partial charge in [0, 0.05) is 17.1 Å². The summed E-state index contributed by atoms with van der Waals surface area (Å²) in [6.07, 6.45) is 0. The number of fused-ring (bicyclic) bond motifs is 4. The van der Waals surface area contributed by atoms with Gasteiger partial charge in [-0.05, 0) is 79.5 Å². The molecule has 0 aliphatic carbocycles. The van der Waals surface area contributed by atoms with Crippen LogP contribution in [0.5, 0.6) is 0 Å². The largest absolute Gasteiger partial charge is 0.311 e. The molecule has 2 aliphatic rings. The smallest absolute Gasteiger partial charge is 0.241 e. The zero-order valence-corrected chi connectivity index (χ0v) is 36.8. The average molecular weight is 772 g/mol. The van der Waals surface area contributed by atoms with Gasteiger partial charge in [-0.25, -0.2) is 0 Å². The second kappa shape index (κ2) is 14.3. The van der Waals surface area contributed by atoms with Crippen LogP contribution in [0.1, 0.15) is 76.0 Å². The number of benzene rings is 7. The fourth-order valence-electron chi connectivity index (χ4n) is 10.5. The highest BCUT2D eigenvalue weighted by Crippen LogP contribution is 2.38. The standard InChI is InChI=1S/C53H54BNSi2/c1-36(2)39-33-43(37(3)4)53(44(34-39)38(5)6)54-45-25-15-18-28-49(45)56(7,8)52-35-40(31-32-46(52)54)55-47-26-16-19-29-50(47)57(41-21-11-9-12-22-41,42-23-13-10-14-24-42)51-30-20-17-27-48(51)55/h9-38H,1-8H3. The van der Waals surface area contributed by atoms with Crippen molar-refractivity contribution in [3.63, 3.8) is 0 Å². The van der Waals surface area contributed by atoms with Gasteiger partial charge in [-0.15, -0.1) is 0 Å². The molecule has 0 bridgehead atoms. The van der Waals surface area contributed by atoms with Crippen molar-refractivity contribution in [3.8, 4) is 0 Å². The lowest BCUT2D eigenvalue weighted by atomic mass is 9.34. The van der Waals surface area contributed by atoms with E-state index in [1.165, 1.54) is 70.9 Å². The van der Waals surface area contributed by atoms with Gasteiger partial charge in [-0.2, -0.15) is 0 Å². The summed E-state index contributed by atoms with van der Waals surface area (Å²) >= 11 is 0. The van der Waals surface area contributed by atoms with E-state index in [4.69, 9.17) is 0 Å². The van der Waals surface area contributed by atoms with Crippen molar-refractivity contribution >= 4 is 87.4 Å². The van der Waals surface area contributed by atoms with Gasteiger partial charge in [0.1, 0.15) is 8.07 Å². The fourth-order valence-corrected chi connectivity index (χ4v) is 18.8. The Balaban J connectivity index is 1.31. The second-order valence-electron chi connectivity index (χ2n) is 17.8. The van der Waals surface area contributed by atoms with Crippen molar-refractivity contribution in [2.24, 2.45) is 0 Å². The SMILES string of the molecule is CC(C)c1cc(C(C)C)c(B2c3ccccc3[Si](C)(C)c3cc(N4c5ccccc5[Si](c5ccccc5)(c5ccccc5)c5ccccc54)ccc32)c(C(C)C)c1.